The summed E-state index contributed by atoms with van der Waals surface area (Å²) in [4.78, 5) is 0. The van der Waals surface area contributed by atoms with E-state index in [0.29, 0.717) is 38.0 Å². The van der Waals surface area contributed by atoms with Gasteiger partial charge in [0.05, 0.1) is 15.9 Å². The molecule has 0 bridgehead atoms. The fraction of sp³-hybridized carbons (Fsp3) is 0.381. The summed E-state index contributed by atoms with van der Waals surface area (Å²) in [7, 11) is -8.17. The Morgan fingerprint density at radius 3 is 2.31 bits per heavy atom. The minimum atomic E-state index is -4.22. The number of benzene rings is 2. The first kappa shape index (κ1) is 25.1. The summed E-state index contributed by atoms with van der Waals surface area (Å²) in [6.07, 6.45) is 1.88. The Balaban J connectivity index is 1.80. The van der Waals surface area contributed by atoms with Gasteiger partial charge in [-0.3, -0.25) is 4.55 Å². The summed E-state index contributed by atoms with van der Waals surface area (Å²) >= 11 is 3.25. The first-order chi connectivity index (χ1) is 15.1. The van der Waals surface area contributed by atoms with Gasteiger partial charge in [-0.25, -0.2) is 8.42 Å². The van der Waals surface area contributed by atoms with Crippen LogP contribution in [0.5, 0.6) is 0 Å². The number of thioether (sulfide) groups is 1. The maximum atomic E-state index is 10.9. The average Bonchev–Trinajstić information content (AvgIpc) is 3.06. The molecule has 3 aromatic rings. The van der Waals surface area contributed by atoms with Gasteiger partial charge in [0.2, 0.25) is 5.52 Å². The highest BCUT2D eigenvalue weighted by atomic mass is 32.2. The molecule has 2 aromatic carbocycles. The number of hydrogen-bond donors (Lipinski definition) is 1. The molecule has 11 heteroatoms. The predicted molar refractivity (Wildman–Crippen MR) is 128 cm³/mol. The maximum absolute atomic E-state index is 10.9. The fourth-order valence-corrected chi connectivity index (χ4v) is 6.93. The Kier molecular flexibility index (Phi) is 8.70. The molecule has 32 heavy (non-hydrogen) atoms. The van der Waals surface area contributed by atoms with Gasteiger partial charge in [-0.15, -0.1) is 0 Å². The molecule has 0 aliphatic rings. The zero-order valence-electron chi connectivity index (χ0n) is 17.3. The summed E-state index contributed by atoms with van der Waals surface area (Å²) in [6, 6.07) is 16.3. The molecular formula is C21H25NO6S4. The van der Waals surface area contributed by atoms with Crippen molar-refractivity contribution in [2.24, 2.45) is 0 Å². The van der Waals surface area contributed by atoms with Crippen LogP contribution in [-0.4, -0.2) is 43.2 Å². The van der Waals surface area contributed by atoms with Gasteiger partial charge in [-0.05, 0) is 48.2 Å². The van der Waals surface area contributed by atoms with E-state index in [9.17, 15) is 21.4 Å². The standard InChI is InChI=1S/C21H25NO6S4/c23-31(24,25)14-6-4-12-22-19-16-18(17-8-2-1-3-9-17)10-11-20(19)30-21(22)29-13-5-7-15-32(26,27)28/h1-3,8-11,16H,4-7,12-15H2,(H-,23,24,25,26,27,28). The third-order valence-electron chi connectivity index (χ3n) is 4.82. The van der Waals surface area contributed by atoms with E-state index in [1.54, 1.807) is 23.1 Å². The van der Waals surface area contributed by atoms with Crippen LogP contribution in [0.3, 0.4) is 0 Å². The van der Waals surface area contributed by atoms with Crippen molar-refractivity contribution in [1.82, 2.24) is 0 Å². The van der Waals surface area contributed by atoms with Crippen molar-refractivity contribution in [1.29, 1.82) is 0 Å². The number of nitrogens with zero attached hydrogens (tertiary/aromatic N) is 1. The molecule has 0 fully saturated rings. The quantitative estimate of drug-likeness (QED) is 0.168. The van der Waals surface area contributed by atoms with Gasteiger partial charge in [0.15, 0.2) is 6.54 Å². The van der Waals surface area contributed by atoms with E-state index in [0.717, 1.165) is 25.7 Å². The van der Waals surface area contributed by atoms with Crippen LogP contribution in [0.25, 0.3) is 21.3 Å². The molecule has 0 radical (unpaired) electrons. The second-order valence-corrected chi connectivity index (χ2v) is 12.8. The van der Waals surface area contributed by atoms with Crippen LogP contribution < -0.4 is 4.57 Å². The van der Waals surface area contributed by atoms with Crippen molar-refractivity contribution in [2.45, 2.75) is 36.6 Å². The molecular weight excluding hydrogens is 491 g/mol. The van der Waals surface area contributed by atoms with Crippen molar-refractivity contribution in [2.75, 3.05) is 17.3 Å². The topological polar surface area (TPSA) is 115 Å². The van der Waals surface area contributed by atoms with Gasteiger partial charge in [-0.1, -0.05) is 47.7 Å². The summed E-state index contributed by atoms with van der Waals surface area (Å²) in [5.74, 6) is 0.0793. The highest BCUT2D eigenvalue weighted by molar-refractivity contribution is 8.01. The van der Waals surface area contributed by atoms with Crippen LogP contribution in [0.4, 0.5) is 0 Å². The normalized spacial score (nSPS) is 12.4. The molecule has 0 amide bonds. The average molecular weight is 516 g/mol. The Bertz CT molecular complexity index is 1250. The molecule has 174 valence electrons. The Hall–Kier alpha value is -1.50. The zero-order valence-corrected chi connectivity index (χ0v) is 20.6. The molecule has 3 rings (SSSR count). The lowest BCUT2D eigenvalue weighted by Crippen LogP contribution is -2.34. The highest BCUT2D eigenvalue weighted by Crippen LogP contribution is 2.32. The first-order valence-corrected chi connectivity index (χ1v) is 15.1. The lowest BCUT2D eigenvalue weighted by atomic mass is 10.1. The molecule has 7 nitrogen and oxygen atoms in total. The fourth-order valence-electron chi connectivity index (χ4n) is 3.29. The Morgan fingerprint density at radius 1 is 0.906 bits per heavy atom. The van der Waals surface area contributed by atoms with E-state index >= 15 is 0 Å². The van der Waals surface area contributed by atoms with E-state index in [-0.39, 0.29) is 11.5 Å². The largest absolute Gasteiger partial charge is 0.748 e. The van der Waals surface area contributed by atoms with E-state index in [4.69, 9.17) is 4.55 Å². The molecule has 1 aromatic heterocycles. The van der Waals surface area contributed by atoms with E-state index in [1.807, 2.05) is 30.3 Å². The predicted octanol–water partition coefficient (Wildman–Crippen LogP) is 3.94. The van der Waals surface area contributed by atoms with E-state index in [1.165, 1.54) is 0 Å². The van der Waals surface area contributed by atoms with Crippen molar-refractivity contribution < 1.29 is 30.5 Å². The van der Waals surface area contributed by atoms with E-state index in [2.05, 4.69) is 22.8 Å². The second-order valence-electron chi connectivity index (χ2n) is 7.38. The second kappa shape index (κ2) is 11.1. The van der Waals surface area contributed by atoms with Crippen molar-refractivity contribution >= 4 is 53.6 Å². The minimum Gasteiger partial charge on any atom is -0.748 e. The molecule has 0 spiro atoms. The molecule has 0 atom stereocenters. The lowest BCUT2D eigenvalue weighted by molar-refractivity contribution is -0.702. The number of aryl methyl sites for hydroxylation is 1. The zero-order chi connectivity index (χ0) is 23.2. The van der Waals surface area contributed by atoms with Gasteiger partial charge in [0, 0.05) is 24.0 Å². The number of fused-ring (bicyclic) bond motifs is 1. The van der Waals surface area contributed by atoms with Gasteiger partial charge in [0.1, 0.15) is 4.70 Å². The molecule has 0 saturated heterocycles. The third-order valence-corrected chi connectivity index (χ3v) is 8.94. The van der Waals surface area contributed by atoms with Gasteiger partial charge in [-0.2, -0.15) is 13.0 Å². The summed E-state index contributed by atoms with van der Waals surface area (Å²) < 4.78 is 67.7. The molecule has 0 aliphatic carbocycles. The SMILES string of the molecule is O=S(=O)([O-])CCCC[n+]1c(SCCCCS(=O)(=O)O)sc2ccc(-c3ccccc3)cc21. The van der Waals surface area contributed by atoms with Crippen LogP contribution in [0, 0.1) is 0 Å². The summed E-state index contributed by atoms with van der Waals surface area (Å²) in [5.41, 5.74) is 3.22. The van der Waals surface area contributed by atoms with Gasteiger partial charge in [0.25, 0.3) is 14.5 Å². The van der Waals surface area contributed by atoms with Crippen molar-refractivity contribution in [3.05, 3.63) is 48.5 Å². The monoisotopic (exact) mass is 515 g/mol. The van der Waals surface area contributed by atoms with Crippen LogP contribution in [-0.2, 0) is 26.8 Å². The number of hydrogen-bond acceptors (Lipinski definition) is 7. The Labute approximate surface area is 197 Å². The molecule has 1 N–H and O–H groups in total. The summed E-state index contributed by atoms with van der Waals surface area (Å²) in [6.45, 7) is 0.584. The summed E-state index contributed by atoms with van der Waals surface area (Å²) in [5, 5.41) is 0. The molecule has 0 aliphatic heterocycles. The first-order valence-electron chi connectivity index (χ1n) is 10.2. The smallest absolute Gasteiger partial charge is 0.298 e. The van der Waals surface area contributed by atoms with Crippen LogP contribution in [0.2, 0.25) is 0 Å². The number of unbranched alkanes of at least 4 members (excludes halogenated alkanes) is 2. The van der Waals surface area contributed by atoms with Crippen molar-refractivity contribution in [3.63, 3.8) is 0 Å². The highest BCUT2D eigenvalue weighted by Gasteiger charge is 2.21. The van der Waals surface area contributed by atoms with E-state index < -0.39 is 20.2 Å². The van der Waals surface area contributed by atoms with Crippen molar-refractivity contribution in [3.8, 4) is 11.1 Å². The molecule has 1 heterocycles. The van der Waals surface area contributed by atoms with Gasteiger partial charge >= 0.3 is 0 Å². The molecule has 0 saturated carbocycles. The van der Waals surface area contributed by atoms with Crippen LogP contribution in [0.1, 0.15) is 25.7 Å². The Morgan fingerprint density at radius 2 is 1.62 bits per heavy atom. The number of aromatic nitrogens is 1. The van der Waals surface area contributed by atoms with Gasteiger partial charge < -0.3 is 4.55 Å². The number of rotatable bonds is 12. The van der Waals surface area contributed by atoms with Crippen LogP contribution in [0.15, 0.2) is 52.9 Å². The van der Waals surface area contributed by atoms with Crippen LogP contribution >= 0.6 is 23.1 Å². The molecule has 0 unspecified atom stereocenters. The third kappa shape index (κ3) is 7.82. The minimum absolute atomic E-state index is 0.246. The lowest BCUT2D eigenvalue weighted by Gasteiger charge is -2.05. The maximum Gasteiger partial charge on any atom is 0.298 e. The number of thiazole rings is 1.